The molecule has 0 radical (unpaired) electrons. The summed E-state index contributed by atoms with van der Waals surface area (Å²) >= 11 is 1.79. The predicted molar refractivity (Wildman–Crippen MR) is 43.3 cm³/mol. The Balaban J connectivity index is 2.44. The lowest BCUT2D eigenvalue weighted by Crippen LogP contribution is -2.34. The molecule has 1 aliphatic rings. The zero-order valence-corrected chi connectivity index (χ0v) is 7.37. The van der Waals surface area contributed by atoms with Crippen LogP contribution in [0.3, 0.4) is 0 Å². The maximum atomic E-state index is 5.41. The van der Waals surface area contributed by atoms with Gasteiger partial charge in [-0.15, -0.1) is 11.8 Å². The lowest BCUT2D eigenvalue weighted by molar-refractivity contribution is -0.0312. The standard InChI is InChI=1S/C7H14O2S/c1-8-7(10-2)3-5-9-6-4-7/h3-6H2,1-2H3. The van der Waals surface area contributed by atoms with Crippen LogP contribution in [0.25, 0.3) is 0 Å². The highest BCUT2D eigenvalue weighted by molar-refractivity contribution is 7.99. The molecule has 0 aromatic carbocycles. The van der Waals surface area contributed by atoms with E-state index in [2.05, 4.69) is 6.26 Å². The van der Waals surface area contributed by atoms with Gasteiger partial charge in [0.1, 0.15) is 4.93 Å². The van der Waals surface area contributed by atoms with E-state index in [1.165, 1.54) is 0 Å². The second kappa shape index (κ2) is 3.60. The SMILES string of the molecule is COC1(SC)CCOCC1. The largest absolute Gasteiger partial charge is 0.381 e. The summed E-state index contributed by atoms with van der Waals surface area (Å²) in [5.41, 5.74) is 0. The van der Waals surface area contributed by atoms with Crippen molar-refractivity contribution in [3.63, 3.8) is 0 Å². The molecule has 0 atom stereocenters. The molecule has 1 fully saturated rings. The van der Waals surface area contributed by atoms with Gasteiger partial charge in [-0.05, 0) is 6.26 Å². The van der Waals surface area contributed by atoms with Crippen LogP contribution in [0, 0.1) is 0 Å². The van der Waals surface area contributed by atoms with Crippen LogP contribution in [0.4, 0.5) is 0 Å². The van der Waals surface area contributed by atoms with E-state index in [0.29, 0.717) is 0 Å². The minimum Gasteiger partial charge on any atom is -0.381 e. The average Bonchev–Trinajstić information content (AvgIpc) is 2.06. The lowest BCUT2D eigenvalue weighted by Gasteiger charge is -2.33. The maximum absolute atomic E-state index is 5.41. The van der Waals surface area contributed by atoms with Gasteiger partial charge in [0.2, 0.25) is 0 Å². The molecule has 0 aromatic rings. The minimum absolute atomic E-state index is 0.0538. The summed E-state index contributed by atoms with van der Waals surface area (Å²) in [4.78, 5) is 0.0538. The van der Waals surface area contributed by atoms with Gasteiger partial charge in [-0.2, -0.15) is 0 Å². The highest BCUT2D eigenvalue weighted by atomic mass is 32.2. The van der Waals surface area contributed by atoms with E-state index in [0.717, 1.165) is 26.1 Å². The van der Waals surface area contributed by atoms with Crippen molar-refractivity contribution in [2.75, 3.05) is 26.6 Å². The molecule has 1 rings (SSSR count). The third-order valence-electron chi connectivity index (χ3n) is 2.00. The van der Waals surface area contributed by atoms with E-state index in [1.807, 2.05) is 0 Å². The number of methoxy groups -OCH3 is 1. The number of hydrogen-bond acceptors (Lipinski definition) is 3. The van der Waals surface area contributed by atoms with E-state index in [4.69, 9.17) is 9.47 Å². The first kappa shape index (κ1) is 8.37. The molecule has 3 heteroatoms. The van der Waals surface area contributed by atoms with Crippen LogP contribution in [0.1, 0.15) is 12.8 Å². The second-order valence-corrected chi connectivity index (χ2v) is 3.58. The predicted octanol–water partition coefficient (Wildman–Crippen LogP) is 1.50. The molecule has 0 N–H and O–H groups in total. The van der Waals surface area contributed by atoms with Gasteiger partial charge in [0, 0.05) is 20.0 Å². The normalized spacial score (nSPS) is 24.6. The topological polar surface area (TPSA) is 18.5 Å². The van der Waals surface area contributed by atoms with Gasteiger partial charge in [0.05, 0.1) is 13.2 Å². The Morgan fingerprint density at radius 2 is 2.00 bits per heavy atom. The maximum Gasteiger partial charge on any atom is 0.117 e. The molecule has 60 valence electrons. The highest BCUT2D eigenvalue weighted by Crippen LogP contribution is 2.33. The Bertz CT molecular complexity index is 93.8. The van der Waals surface area contributed by atoms with Gasteiger partial charge in [0.25, 0.3) is 0 Å². The van der Waals surface area contributed by atoms with Crippen LogP contribution < -0.4 is 0 Å². The van der Waals surface area contributed by atoms with Crippen molar-refractivity contribution >= 4 is 11.8 Å². The fourth-order valence-electron chi connectivity index (χ4n) is 1.17. The second-order valence-electron chi connectivity index (χ2n) is 2.43. The van der Waals surface area contributed by atoms with Crippen molar-refractivity contribution in [3.05, 3.63) is 0 Å². The summed E-state index contributed by atoms with van der Waals surface area (Å²) in [6.07, 6.45) is 4.13. The fraction of sp³-hybridized carbons (Fsp3) is 1.00. The molecule has 1 saturated heterocycles. The van der Waals surface area contributed by atoms with Crippen molar-refractivity contribution in [2.45, 2.75) is 17.8 Å². The van der Waals surface area contributed by atoms with E-state index in [9.17, 15) is 0 Å². The summed E-state index contributed by atoms with van der Waals surface area (Å²) in [6.45, 7) is 1.68. The Morgan fingerprint density at radius 1 is 1.40 bits per heavy atom. The van der Waals surface area contributed by atoms with Gasteiger partial charge in [0.15, 0.2) is 0 Å². The van der Waals surface area contributed by atoms with Gasteiger partial charge in [-0.1, -0.05) is 0 Å². The van der Waals surface area contributed by atoms with Crippen molar-refractivity contribution in [1.82, 2.24) is 0 Å². The molecule has 0 unspecified atom stereocenters. The Labute approximate surface area is 66.3 Å². The van der Waals surface area contributed by atoms with E-state index < -0.39 is 0 Å². The number of thioether (sulfide) groups is 1. The number of rotatable bonds is 2. The molecule has 0 amide bonds. The molecule has 1 aliphatic heterocycles. The molecule has 1 heterocycles. The van der Waals surface area contributed by atoms with E-state index >= 15 is 0 Å². The van der Waals surface area contributed by atoms with E-state index in [-0.39, 0.29) is 4.93 Å². The molecule has 0 saturated carbocycles. The molecular weight excluding hydrogens is 148 g/mol. The van der Waals surface area contributed by atoms with Crippen molar-refractivity contribution in [2.24, 2.45) is 0 Å². The first-order chi connectivity index (χ1) is 4.83. The first-order valence-corrected chi connectivity index (χ1v) is 4.73. The first-order valence-electron chi connectivity index (χ1n) is 3.51. The van der Waals surface area contributed by atoms with Crippen molar-refractivity contribution < 1.29 is 9.47 Å². The van der Waals surface area contributed by atoms with Crippen LogP contribution in [0.15, 0.2) is 0 Å². The molecule has 0 spiro atoms. The summed E-state index contributed by atoms with van der Waals surface area (Å²) in [5.74, 6) is 0. The third-order valence-corrected chi connectivity index (χ3v) is 3.32. The Kier molecular flexibility index (Phi) is 3.01. The molecule has 0 aliphatic carbocycles. The highest BCUT2D eigenvalue weighted by Gasteiger charge is 2.30. The Hall–Kier alpha value is 0.270. The molecule has 10 heavy (non-hydrogen) atoms. The zero-order valence-electron chi connectivity index (χ0n) is 6.55. The van der Waals surface area contributed by atoms with Crippen LogP contribution in [-0.2, 0) is 9.47 Å². The lowest BCUT2D eigenvalue weighted by atomic mass is 10.1. The van der Waals surface area contributed by atoms with Crippen LogP contribution in [0.5, 0.6) is 0 Å². The monoisotopic (exact) mass is 162 g/mol. The van der Waals surface area contributed by atoms with Crippen LogP contribution in [-0.4, -0.2) is 31.5 Å². The molecule has 0 aromatic heterocycles. The molecule has 2 nitrogen and oxygen atoms in total. The van der Waals surface area contributed by atoms with Crippen LogP contribution in [0.2, 0.25) is 0 Å². The summed E-state index contributed by atoms with van der Waals surface area (Å²) in [5, 5.41) is 0. The van der Waals surface area contributed by atoms with E-state index in [1.54, 1.807) is 18.9 Å². The minimum atomic E-state index is 0.0538. The molecular formula is C7H14O2S. The van der Waals surface area contributed by atoms with Gasteiger partial charge in [-0.3, -0.25) is 0 Å². The van der Waals surface area contributed by atoms with Gasteiger partial charge < -0.3 is 9.47 Å². The van der Waals surface area contributed by atoms with Gasteiger partial charge >= 0.3 is 0 Å². The van der Waals surface area contributed by atoms with Crippen molar-refractivity contribution in [1.29, 1.82) is 0 Å². The van der Waals surface area contributed by atoms with Gasteiger partial charge in [-0.25, -0.2) is 0 Å². The Morgan fingerprint density at radius 3 is 2.30 bits per heavy atom. The molecule has 0 bridgehead atoms. The summed E-state index contributed by atoms with van der Waals surface area (Å²) in [7, 11) is 1.78. The smallest absolute Gasteiger partial charge is 0.117 e. The quantitative estimate of drug-likeness (QED) is 0.573. The van der Waals surface area contributed by atoms with Crippen LogP contribution >= 0.6 is 11.8 Å². The fourth-order valence-corrected chi connectivity index (χ4v) is 1.92. The zero-order chi connectivity index (χ0) is 7.45. The van der Waals surface area contributed by atoms with Crippen molar-refractivity contribution in [3.8, 4) is 0 Å². The number of hydrogen-bond donors (Lipinski definition) is 0. The summed E-state index contributed by atoms with van der Waals surface area (Å²) < 4.78 is 10.6. The average molecular weight is 162 g/mol. The third kappa shape index (κ3) is 1.65. The number of ether oxygens (including phenoxy) is 2. The summed E-state index contributed by atoms with van der Waals surface area (Å²) in [6, 6.07) is 0.